The van der Waals surface area contributed by atoms with Crippen LogP contribution in [0.1, 0.15) is 44.9 Å². The minimum Gasteiger partial charge on any atom is -0.444 e. The van der Waals surface area contributed by atoms with Gasteiger partial charge in [-0.25, -0.2) is 14.2 Å². The minimum atomic E-state index is -0.716. The number of alkyl carbamates (subject to hydrolysis) is 1. The van der Waals surface area contributed by atoms with E-state index in [9.17, 15) is 9.18 Å². The van der Waals surface area contributed by atoms with Gasteiger partial charge in [-0.2, -0.15) is 5.26 Å². The highest BCUT2D eigenvalue weighted by molar-refractivity contribution is 6.30. The van der Waals surface area contributed by atoms with Crippen LogP contribution in [0.5, 0.6) is 0 Å². The number of benzene rings is 1. The van der Waals surface area contributed by atoms with Crippen LogP contribution in [0.2, 0.25) is 5.15 Å². The van der Waals surface area contributed by atoms with Crippen LogP contribution < -0.4 is 10.6 Å². The Labute approximate surface area is 168 Å². The summed E-state index contributed by atoms with van der Waals surface area (Å²) in [4.78, 5) is 16.1. The molecule has 0 saturated heterocycles. The number of pyridine rings is 1. The molecule has 0 spiro atoms. The Morgan fingerprint density at radius 2 is 1.96 bits per heavy atom. The summed E-state index contributed by atoms with van der Waals surface area (Å²) in [5.74, 6) is -0.831. The lowest BCUT2D eigenvalue weighted by atomic mass is 10.0. The van der Waals surface area contributed by atoms with Crippen LogP contribution in [0.15, 0.2) is 36.4 Å². The topological polar surface area (TPSA) is 87.0 Å². The fraction of sp³-hybridized carbons (Fsp3) is 0.350. The maximum absolute atomic E-state index is 14.4. The smallest absolute Gasteiger partial charge is 0.407 e. The largest absolute Gasteiger partial charge is 0.444 e. The molecular weight excluding hydrogens is 383 g/mol. The van der Waals surface area contributed by atoms with E-state index in [1.165, 1.54) is 0 Å². The second-order valence-electron chi connectivity index (χ2n) is 7.24. The van der Waals surface area contributed by atoms with E-state index in [-0.39, 0.29) is 16.5 Å². The molecule has 6 nitrogen and oxygen atoms in total. The van der Waals surface area contributed by atoms with Crippen molar-refractivity contribution in [2.75, 3.05) is 5.32 Å². The molecule has 2 aromatic rings. The van der Waals surface area contributed by atoms with Gasteiger partial charge in [0.15, 0.2) is 11.6 Å². The second kappa shape index (κ2) is 8.89. The number of nitriles is 1. The van der Waals surface area contributed by atoms with Crippen LogP contribution in [0, 0.1) is 17.1 Å². The number of carbonyl (C=O) groups excluding carboxylic acids is 1. The first-order chi connectivity index (χ1) is 13.1. The molecule has 1 amide bonds. The predicted octanol–water partition coefficient (Wildman–Crippen LogP) is 4.81. The van der Waals surface area contributed by atoms with E-state index >= 15 is 0 Å². The third-order valence-corrected chi connectivity index (χ3v) is 4.03. The van der Waals surface area contributed by atoms with E-state index < -0.39 is 29.6 Å². The molecule has 1 heterocycles. The lowest BCUT2D eigenvalue weighted by Gasteiger charge is -2.28. The number of hydrogen-bond acceptors (Lipinski definition) is 5. The number of nitrogens with zero attached hydrogens (tertiary/aromatic N) is 2. The van der Waals surface area contributed by atoms with Crippen molar-refractivity contribution in [1.82, 2.24) is 10.3 Å². The van der Waals surface area contributed by atoms with Gasteiger partial charge in [0.05, 0.1) is 17.6 Å². The Kier molecular flexibility index (Phi) is 6.81. The van der Waals surface area contributed by atoms with E-state index in [0.29, 0.717) is 0 Å². The fourth-order valence-corrected chi connectivity index (χ4v) is 2.71. The predicted molar refractivity (Wildman–Crippen MR) is 106 cm³/mol. The number of aromatic nitrogens is 1. The third kappa shape index (κ3) is 5.83. The van der Waals surface area contributed by atoms with E-state index in [2.05, 4.69) is 15.6 Å². The fourth-order valence-electron chi connectivity index (χ4n) is 2.53. The zero-order chi connectivity index (χ0) is 20.9. The monoisotopic (exact) mass is 404 g/mol. The quantitative estimate of drug-likeness (QED) is 0.698. The number of amides is 1. The Balaban J connectivity index is 2.30. The van der Waals surface area contributed by atoms with E-state index in [0.717, 1.165) is 11.6 Å². The molecule has 1 unspecified atom stereocenters. The van der Waals surface area contributed by atoms with Gasteiger partial charge in [-0.1, -0.05) is 41.9 Å². The molecule has 0 aliphatic heterocycles. The SMILES string of the molecule is C[C@H](NC(=O)OC(C)(C)C)C(Nc1nc(Cl)c(C#N)cc1F)c1ccccc1. The zero-order valence-corrected chi connectivity index (χ0v) is 16.8. The number of nitrogens with one attached hydrogen (secondary N) is 2. The molecule has 2 rings (SSSR count). The summed E-state index contributed by atoms with van der Waals surface area (Å²) >= 11 is 5.94. The van der Waals surface area contributed by atoms with Gasteiger partial charge < -0.3 is 15.4 Å². The second-order valence-corrected chi connectivity index (χ2v) is 7.59. The summed E-state index contributed by atoms with van der Waals surface area (Å²) < 4.78 is 19.7. The summed E-state index contributed by atoms with van der Waals surface area (Å²) in [6, 6.07) is 11.0. The normalized spacial score (nSPS) is 13.2. The first-order valence-corrected chi connectivity index (χ1v) is 9.05. The molecule has 1 aromatic carbocycles. The molecule has 28 heavy (non-hydrogen) atoms. The maximum atomic E-state index is 14.4. The van der Waals surface area contributed by atoms with Crippen molar-refractivity contribution >= 4 is 23.5 Å². The molecule has 0 bridgehead atoms. The highest BCUT2D eigenvalue weighted by atomic mass is 35.5. The molecule has 0 saturated carbocycles. The number of carbonyl (C=O) groups is 1. The summed E-state index contributed by atoms with van der Waals surface area (Å²) in [5.41, 5.74) is 0.0991. The Hall–Kier alpha value is -2.85. The Morgan fingerprint density at radius 1 is 1.32 bits per heavy atom. The summed E-state index contributed by atoms with van der Waals surface area (Å²) in [5, 5.41) is 14.6. The van der Waals surface area contributed by atoms with E-state index in [1.807, 2.05) is 30.3 Å². The molecule has 0 radical (unpaired) electrons. The van der Waals surface area contributed by atoms with Gasteiger partial charge in [-0.15, -0.1) is 0 Å². The van der Waals surface area contributed by atoms with Crippen LogP contribution in [-0.4, -0.2) is 22.7 Å². The van der Waals surface area contributed by atoms with Crippen molar-refractivity contribution < 1.29 is 13.9 Å². The third-order valence-electron chi connectivity index (χ3n) is 3.75. The maximum Gasteiger partial charge on any atom is 0.407 e. The minimum absolute atomic E-state index is 0.0547. The van der Waals surface area contributed by atoms with E-state index in [4.69, 9.17) is 21.6 Å². The molecule has 1 aromatic heterocycles. The molecule has 0 aliphatic carbocycles. The van der Waals surface area contributed by atoms with Crippen molar-refractivity contribution in [3.63, 3.8) is 0 Å². The number of ether oxygens (including phenoxy) is 1. The summed E-state index contributed by atoms with van der Waals surface area (Å²) in [6.45, 7) is 7.06. The molecule has 2 N–H and O–H groups in total. The van der Waals surface area contributed by atoms with Gasteiger partial charge in [0.2, 0.25) is 0 Å². The molecule has 148 valence electrons. The first-order valence-electron chi connectivity index (χ1n) is 8.68. The van der Waals surface area contributed by atoms with Crippen molar-refractivity contribution in [2.45, 2.75) is 45.4 Å². The highest BCUT2D eigenvalue weighted by Crippen LogP contribution is 2.26. The van der Waals surface area contributed by atoms with Crippen LogP contribution in [0.3, 0.4) is 0 Å². The van der Waals surface area contributed by atoms with E-state index in [1.54, 1.807) is 33.8 Å². The summed E-state index contributed by atoms with van der Waals surface area (Å²) in [7, 11) is 0. The van der Waals surface area contributed by atoms with Crippen molar-refractivity contribution in [2.24, 2.45) is 0 Å². The van der Waals surface area contributed by atoms with Crippen LogP contribution in [0.25, 0.3) is 0 Å². The molecular formula is C20H22ClFN4O2. The summed E-state index contributed by atoms with van der Waals surface area (Å²) in [6.07, 6.45) is -0.589. The van der Waals surface area contributed by atoms with Crippen LogP contribution in [-0.2, 0) is 4.74 Å². The average Bonchev–Trinajstić information content (AvgIpc) is 2.60. The number of hydrogen-bond donors (Lipinski definition) is 2. The van der Waals surface area contributed by atoms with Crippen LogP contribution in [0.4, 0.5) is 15.0 Å². The number of anilines is 1. The first kappa shape index (κ1) is 21.5. The van der Waals surface area contributed by atoms with Crippen molar-refractivity contribution in [3.8, 4) is 6.07 Å². The lowest BCUT2D eigenvalue weighted by molar-refractivity contribution is 0.0503. The van der Waals surface area contributed by atoms with Gasteiger partial charge in [-0.05, 0) is 39.3 Å². The van der Waals surface area contributed by atoms with Gasteiger partial charge in [0.1, 0.15) is 16.8 Å². The van der Waals surface area contributed by atoms with Gasteiger partial charge in [-0.3, -0.25) is 0 Å². The molecule has 8 heteroatoms. The molecule has 2 atom stereocenters. The van der Waals surface area contributed by atoms with Crippen LogP contribution >= 0.6 is 11.6 Å². The van der Waals surface area contributed by atoms with Gasteiger partial charge in [0.25, 0.3) is 0 Å². The highest BCUT2D eigenvalue weighted by Gasteiger charge is 2.25. The van der Waals surface area contributed by atoms with Crippen molar-refractivity contribution in [1.29, 1.82) is 5.26 Å². The Morgan fingerprint density at radius 3 is 2.54 bits per heavy atom. The molecule has 0 aliphatic rings. The lowest BCUT2D eigenvalue weighted by Crippen LogP contribution is -2.42. The number of halogens is 2. The van der Waals surface area contributed by atoms with Gasteiger partial charge >= 0.3 is 6.09 Å². The van der Waals surface area contributed by atoms with Crippen molar-refractivity contribution in [3.05, 3.63) is 58.5 Å². The Bertz CT molecular complexity index is 878. The molecule has 0 fully saturated rings. The zero-order valence-electron chi connectivity index (χ0n) is 16.1. The average molecular weight is 405 g/mol. The number of rotatable bonds is 5. The van der Waals surface area contributed by atoms with Gasteiger partial charge in [0, 0.05) is 0 Å². The standard InChI is InChI=1S/C20H22ClFN4O2/c1-12(24-19(27)28-20(2,3)4)16(13-8-6-5-7-9-13)25-18-15(22)10-14(11-23)17(21)26-18/h5-10,12,16H,1-4H3,(H,24,27)(H,25,26)/t12-,16?/m0/s1.